The lowest BCUT2D eigenvalue weighted by Gasteiger charge is -2.34. The van der Waals surface area contributed by atoms with Crippen LogP contribution in [0.25, 0.3) is 0 Å². The van der Waals surface area contributed by atoms with Crippen LogP contribution >= 0.6 is 0 Å². The fourth-order valence-electron chi connectivity index (χ4n) is 5.65. The number of alkyl halides is 1. The average Bonchev–Trinajstić information content (AvgIpc) is 2.99. The van der Waals surface area contributed by atoms with Crippen molar-refractivity contribution >= 4 is 27.7 Å². The summed E-state index contributed by atoms with van der Waals surface area (Å²) in [6.07, 6.45) is 2.07. The van der Waals surface area contributed by atoms with Gasteiger partial charge in [-0.2, -0.15) is 0 Å². The van der Waals surface area contributed by atoms with Crippen LogP contribution < -0.4 is 10.0 Å². The molecule has 168 valence electrons. The summed E-state index contributed by atoms with van der Waals surface area (Å²) in [6.45, 7) is 2.34. The number of nitrogens with zero attached hydrogens (tertiary/aromatic N) is 1. The minimum Gasteiger partial charge on any atom is -0.330 e. The summed E-state index contributed by atoms with van der Waals surface area (Å²) >= 11 is 0. The predicted octanol–water partition coefficient (Wildman–Crippen LogP) is 0.865. The molecule has 2 saturated heterocycles. The lowest BCUT2D eigenvalue weighted by Crippen LogP contribution is -2.53. The van der Waals surface area contributed by atoms with Gasteiger partial charge in [-0.05, 0) is 56.8 Å². The number of hydrogen-bond donors (Lipinski definition) is 2. The Morgan fingerprint density at radius 1 is 1.07 bits per heavy atom. The van der Waals surface area contributed by atoms with E-state index >= 15 is 0 Å². The Balaban J connectivity index is 1.39. The van der Waals surface area contributed by atoms with Crippen LogP contribution in [0.15, 0.2) is 0 Å². The molecule has 7 atom stereocenters. The molecule has 2 aliphatic carbocycles. The monoisotopic (exact) mass is 443 g/mol. The Kier molecular flexibility index (Phi) is 5.91. The van der Waals surface area contributed by atoms with Crippen molar-refractivity contribution in [2.45, 2.75) is 81.8 Å². The van der Waals surface area contributed by atoms with Gasteiger partial charge in [0, 0.05) is 24.9 Å². The number of imide groups is 1. The van der Waals surface area contributed by atoms with Gasteiger partial charge in [-0.15, -0.1) is 0 Å². The summed E-state index contributed by atoms with van der Waals surface area (Å²) in [5.41, 5.74) is 0. The van der Waals surface area contributed by atoms with Crippen LogP contribution in [0.4, 0.5) is 4.39 Å². The highest BCUT2D eigenvalue weighted by atomic mass is 32.2. The first-order valence-corrected chi connectivity index (χ1v) is 12.5. The van der Waals surface area contributed by atoms with E-state index in [9.17, 15) is 27.2 Å². The molecule has 0 bridgehead atoms. The lowest BCUT2D eigenvalue weighted by molar-refractivity contribution is -0.144. The van der Waals surface area contributed by atoms with Crippen molar-refractivity contribution < 1.29 is 27.2 Å². The van der Waals surface area contributed by atoms with Crippen molar-refractivity contribution in [1.29, 1.82) is 0 Å². The van der Waals surface area contributed by atoms with Crippen LogP contribution in [0.2, 0.25) is 0 Å². The number of piperidine rings is 1. The first kappa shape index (κ1) is 21.7. The molecule has 4 fully saturated rings. The summed E-state index contributed by atoms with van der Waals surface area (Å²) in [6, 6.07) is -0.956. The zero-order chi connectivity index (χ0) is 21.6. The van der Waals surface area contributed by atoms with Crippen LogP contribution in [-0.2, 0) is 24.4 Å². The number of carbonyl (C=O) groups excluding carboxylic acids is 3. The second kappa shape index (κ2) is 8.18. The topological polar surface area (TPSA) is 113 Å². The van der Waals surface area contributed by atoms with Gasteiger partial charge in [0.1, 0.15) is 17.5 Å². The summed E-state index contributed by atoms with van der Waals surface area (Å²) in [5, 5.41) is 1.28. The van der Waals surface area contributed by atoms with Gasteiger partial charge in [0.2, 0.25) is 27.7 Å². The number of likely N-dealkylation sites (tertiary alicyclic amines) is 1. The van der Waals surface area contributed by atoms with Crippen molar-refractivity contribution in [1.82, 2.24) is 14.9 Å². The van der Waals surface area contributed by atoms with Gasteiger partial charge in [0.25, 0.3) is 0 Å². The summed E-state index contributed by atoms with van der Waals surface area (Å²) in [4.78, 5) is 38.0. The van der Waals surface area contributed by atoms with Gasteiger partial charge in [-0.1, -0.05) is 6.92 Å². The van der Waals surface area contributed by atoms with Crippen molar-refractivity contribution in [3.8, 4) is 0 Å². The maximum Gasteiger partial charge on any atom is 0.249 e. The number of nitrogens with one attached hydrogen (secondary N) is 2. The van der Waals surface area contributed by atoms with Crippen LogP contribution in [0, 0.1) is 17.8 Å². The minimum absolute atomic E-state index is 0.0455. The predicted molar refractivity (Wildman–Crippen MR) is 106 cm³/mol. The maximum atomic E-state index is 14.3. The van der Waals surface area contributed by atoms with Gasteiger partial charge in [0.05, 0.1) is 0 Å². The summed E-state index contributed by atoms with van der Waals surface area (Å²) in [7, 11) is -3.78. The Morgan fingerprint density at radius 2 is 1.83 bits per heavy atom. The largest absolute Gasteiger partial charge is 0.330 e. The van der Waals surface area contributed by atoms with E-state index in [1.54, 1.807) is 4.90 Å². The smallest absolute Gasteiger partial charge is 0.249 e. The minimum atomic E-state index is -3.78. The fourth-order valence-corrected chi connectivity index (χ4v) is 7.61. The van der Waals surface area contributed by atoms with E-state index in [4.69, 9.17) is 0 Å². The second-order valence-corrected chi connectivity index (χ2v) is 11.4. The lowest BCUT2D eigenvalue weighted by atomic mass is 9.79. The van der Waals surface area contributed by atoms with Gasteiger partial charge >= 0.3 is 0 Å². The van der Waals surface area contributed by atoms with E-state index in [0.717, 1.165) is 0 Å². The highest BCUT2D eigenvalue weighted by molar-refractivity contribution is 7.90. The van der Waals surface area contributed by atoms with Gasteiger partial charge in [0.15, 0.2) is 0 Å². The van der Waals surface area contributed by atoms with E-state index in [2.05, 4.69) is 10.0 Å². The Bertz CT molecular complexity index is 834. The number of rotatable bonds is 4. The van der Waals surface area contributed by atoms with Crippen LogP contribution in [0.5, 0.6) is 0 Å². The van der Waals surface area contributed by atoms with Crippen molar-refractivity contribution in [3.63, 3.8) is 0 Å². The molecule has 7 unspecified atom stereocenters. The third-order valence-electron chi connectivity index (χ3n) is 7.30. The SMILES string of the molecule is CC1CCC(F)C(S(=O)(=O)NC2CCC3C(=O)N(C4CCC(=O)NC4=O)CC3C2)C1. The molecule has 8 nitrogen and oxygen atoms in total. The molecule has 0 aromatic carbocycles. The average molecular weight is 444 g/mol. The van der Waals surface area contributed by atoms with Gasteiger partial charge < -0.3 is 4.90 Å². The molecule has 2 aliphatic heterocycles. The maximum absolute atomic E-state index is 14.3. The molecule has 10 heteroatoms. The molecule has 2 heterocycles. The van der Waals surface area contributed by atoms with Crippen molar-refractivity contribution in [2.24, 2.45) is 17.8 Å². The van der Waals surface area contributed by atoms with E-state index in [1.165, 1.54) is 0 Å². The molecule has 4 rings (SSSR count). The Morgan fingerprint density at radius 3 is 2.57 bits per heavy atom. The van der Waals surface area contributed by atoms with Crippen LogP contribution in [-0.4, -0.2) is 61.1 Å². The zero-order valence-corrected chi connectivity index (χ0v) is 18.0. The van der Waals surface area contributed by atoms with Crippen molar-refractivity contribution in [3.05, 3.63) is 0 Å². The number of sulfonamides is 1. The quantitative estimate of drug-likeness (QED) is 0.626. The molecule has 3 amide bonds. The first-order chi connectivity index (χ1) is 14.2. The van der Waals surface area contributed by atoms with E-state index in [0.29, 0.717) is 45.1 Å². The Hall–Kier alpha value is -1.55. The molecule has 0 aromatic heterocycles. The summed E-state index contributed by atoms with van der Waals surface area (Å²) < 4.78 is 42.7. The highest BCUT2D eigenvalue weighted by Gasteiger charge is 2.49. The number of halogens is 1. The van der Waals surface area contributed by atoms with E-state index < -0.39 is 33.4 Å². The van der Waals surface area contributed by atoms with Gasteiger partial charge in [-0.25, -0.2) is 17.5 Å². The Labute approximate surface area is 176 Å². The van der Waals surface area contributed by atoms with Crippen molar-refractivity contribution in [2.75, 3.05) is 6.54 Å². The molecule has 0 spiro atoms. The number of amides is 3. The molecular formula is C20H30FN3O5S. The molecular weight excluding hydrogens is 413 g/mol. The van der Waals surface area contributed by atoms with E-state index in [1.807, 2.05) is 6.92 Å². The number of hydrogen-bond acceptors (Lipinski definition) is 5. The number of carbonyl (C=O) groups is 3. The highest BCUT2D eigenvalue weighted by Crippen LogP contribution is 2.39. The molecule has 2 N–H and O–H groups in total. The third kappa shape index (κ3) is 4.12. The zero-order valence-electron chi connectivity index (χ0n) is 17.2. The fraction of sp³-hybridized carbons (Fsp3) is 0.850. The van der Waals surface area contributed by atoms with Crippen LogP contribution in [0.3, 0.4) is 0 Å². The van der Waals surface area contributed by atoms with Crippen LogP contribution in [0.1, 0.15) is 58.3 Å². The molecule has 4 aliphatic rings. The molecule has 0 aromatic rings. The summed E-state index contributed by atoms with van der Waals surface area (Å²) in [5.74, 6) is -0.922. The second-order valence-electron chi connectivity index (χ2n) is 9.47. The molecule has 2 saturated carbocycles. The van der Waals surface area contributed by atoms with Gasteiger partial charge in [-0.3, -0.25) is 19.7 Å². The molecule has 0 radical (unpaired) electrons. The molecule has 30 heavy (non-hydrogen) atoms. The normalized spacial score (nSPS) is 40.3. The number of fused-ring (bicyclic) bond motifs is 1. The van der Waals surface area contributed by atoms with E-state index in [-0.39, 0.29) is 48.5 Å². The first-order valence-electron chi connectivity index (χ1n) is 10.9. The standard InChI is InChI=1S/C20H30FN3O5S/c1-11-2-5-15(21)17(8-11)30(28,29)23-13-3-4-14-12(9-13)10-24(20(14)27)16-6-7-18(25)22-19(16)26/h11-17,23H,2-10H2,1H3,(H,22,25,26). The third-order valence-corrected chi connectivity index (χ3v) is 9.25.